The van der Waals surface area contributed by atoms with Gasteiger partial charge in [0.2, 0.25) is 5.16 Å². The van der Waals surface area contributed by atoms with E-state index in [2.05, 4.69) is 32.7 Å². The van der Waals surface area contributed by atoms with Crippen molar-refractivity contribution in [3.63, 3.8) is 0 Å². The van der Waals surface area contributed by atoms with Gasteiger partial charge in [-0.2, -0.15) is 0 Å². The fourth-order valence-electron chi connectivity index (χ4n) is 2.60. The summed E-state index contributed by atoms with van der Waals surface area (Å²) >= 11 is 4.60. The summed E-state index contributed by atoms with van der Waals surface area (Å²) in [6.07, 6.45) is 1.06. The number of hydrogen-bond donors (Lipinski definition) is 1. The predicted molar refractivity (Wildman–Crippen MR) is 126 cm³/mol. The first-order valence-electron chi connectivity index (χ1n) is 9.84. The van der Waals surface area contributed by atoms with Crippen LogP contribution in [0.3, 0.4) is 0 Å². The fourth-order valence-corrected chi connectivity index (χ4v) is 5.19. The van der Waals surface area contributed by atoms with Crippen LogP contribution in [0.15, 0.2) is 45.7 Å². The molecule has 9 nitrogen and oxygen atoms in total. The van der Waals surface area contributed by atoms with E-state index >= 15 is 0 Å². The van der Waals surface area contributed by atoms with Gasteiger partial charge in [-0.15, -0.1) is 5.10 Å². The topological polar surface area (TPSA) is 97.5 Å². The number of hydrogen-bond acceptors (Lipinski definition) is 11. The molecule has 4 rings (SSSR count). The molecule has 0 unspecified atom stereocenters. The molecule has 0 amide bonds. The number of thiazole rings is 1. The lowest BCUT2D eigenvalue weighted by atomic mass is 10.3. The Morgan fingerprint density at radius 2 is 1.97 bits per heavy atom. The van der Waals surface area contributed by atoms with Gasteiger partial charge in [0.1, 0.15) is 10.5 Å². The summed E-state index contributed by atoms with van der Waals surface area (Å²) in [4.78, 5) is 17.2. The zero-order chi connectivity index (χ0) is 21.6. The van der Waals surface area contributed by atoms with Crippen molar-refractivity contribution >= 4 is 56.0 Å². The molecular weight excluding hydrogens is 450 g/mol. The lowest BCUT2D eigenvalue weighted by molar-refractivity contribution is 0.361. The summed E-state index contributed by atoms with van der Waals surface area (Å²) in [5, 5.41) is 18.5. The number of aromatic nitrogens is 7. The number of nitrogens with zero attached hydrogens (tertiary/aromatic N) is 8. The zero-order valence-electron chi connectivity index (χ0n) is 17.5. The molecule has 1 N–H and O–H groups in total. The van der Waals surface area contributed by atoms with Crippen molar-refractivity contribution < 1.29 is 0 Å². The second kappa shape index (κ2) is 10.4. The van der Waals surface area contributed by atoms with Crippen LogP contribution in [0.4, 0.5) is 10.8 Å². The van der Waals surface area contributed by atoms with Gasteiger partial charge in [-0.3, -0.25) is 0 Å². The molecule has 0 fully saturated rings. The number of anilines is 2. The predicted octanol–water partition coefficient (Wildman–Crippen LogP) is 4.03. The van der Waals surface area contributed by atoms with Crippen LogP contribution < -0.4 is 5.32 Å². The van der Waals surface area contributed by atoms with Gasteiger partial charge in [-0.05, 0) is 54.8 Å². The lowest BCUT2D eigenvalue weighted by Gasteiger charge is -2.09. The number of fused-ring (bicyclic) bond motifs is 1. The van der Waals surface area contributed by atoms with Crippen molar-refractivity contribution in [1.82, 2.24) is 40.1 Å². The summed E-state index contributed by atoms with van der Waals surface area (Å²) in [6.45, 7) is 3.69. The van der Waals surface area contributed by atoms with Gasteiger partial charge in [-0.1, -0.05) is 48.2 Å². The number of nitrogens with one attached hydrogen (secondary N) is 1. The molecule has 12 heteroatoms. The van der Waals surface area contributed by atoms with Crippen LogP contribution in [0.25, 0.3) is 10.3 Å². The van der Waals surface area contributed by atoms with Gasteiger partial charge >= 0.3 is 0 Å². The highest BCUT2D eigenvalue weighted by Gasteiger charge is 2.18. The van der Waals surface area contributed by atoms with E-state index < -0.39 is 0 Å². The number of benzene rings is 1. The molecule has 0 aliphatic rings. The largest absolute Gasteiger partial charge is 0.331 e. The summed E-state index contributed by atoms with van der Waals surface area (Å²) < 4.78 is 1.80. The highest BCUT2D eigenvalue weighted by atomic mass is 32.2. The van der Waals surface area contributed by atoms with Crippen molar-refractivity contribution in [2.24, 2.45) is 0 Å². The van der Waals surface area contributed by atoms with Gasteiger partial charge in [-0.25, -0.2) is 19.6 Å². The van der Waals surface area contributed by atoms with Crippen LogP contribution in [0, 0.1) is 0 Å². The van der Waals surface area contributed by atoms with E-state index in [-0.39, 0.29) is 0 Å². The molecule has 0 spiro atoms. The molecule has 4 aromatic rings. The van der Waals surface area contributed by atoms with Gasteiger partial charge in [0, 0.05) is 18.0 Å². The molecule has 0 atom stereocenters. The van der Waals surface area contributed by atoms with Crippen LogP contribution in [-0.4, -0.2) is 66.5 Å². The van der Waals surface area contributed by atoms with E-state index in [1.807, 2.05) is 44.4 Å². The van der Waals surface area contributed by atoms with Gasteiger partial charge in [0.05, 0.1) is 6.54 Å². The minimum atomic E-state index is 0.693. The monoisotopic (exact) mass is 473 g/mol. The number of likely N-dealkylation sites (N-methyl/N-ethyl adjacent to an activating group) is 1. The van der Waals surface area contributed by atoms with Crippen LogP contribution in [0.5, 0.6) is 0 Å². The maximum absolute atomic E-state index is 4.78. The van der Waals surface area contributed by atoms with E-state index in [9.17, 15) is 0 Å². The van der Waals surface area contributed by atoms with Gasteiger partial charge in [0.15, 0.2) is 15.1 Å². The standard InChI is InChI=1S/C19H23N9S3/c1-4-12-29-17-22-15-14(21-18(30-15)20-13-8-6-5-7-9-13)16(23-17)31-19-24-25-26-28(19)11-10-27(2)3/h5-9H,4,10-12H2,1-3H3,(H,20,21). The van der Waals surface area contributed by atoms with Crippen molar-refractivity contribution in [3.05, 3.63) is 30.3 Å². The molecule has 3 aromatic heterocycles. The third kappa shape index (κ3) is 5.70. The van der Waals surface area contributed by atoms with Gasteiger partial charge < -0.3 is 10.2 Å². The Labute approximate surface area is 193 Å². The first-order valence-corrected chi connectivity index (χ1v) is 12.5. The molecule has 0 aliphatic carbocycles. The maximum atomic E-state index is 4.78. The summed E-state index contributed by atoms with van der Waals surface area (Å²) in [5.41, 5.74) is 1.74. The molecule has 31 heavy (non-hydrogen) atoms. The molecule has 0 radical (unpaired) electrons. The minimum Gasteiger partial charge on any atom is -0.331 e. The zero-order valence-corrected chi connectivity index (χ0v) is 20.0. The highest BCUT2D eigenvalue weighted by Crippen LogP contribution is 2.36. The van der Waals surface area contributed by atoms with Gasteiger partial charge in [0.25, 0.3) is 0 Å². The average Bonchev–Trinajstić information content (AvgIpc) is 3.37. The smallest absolute Gasteiger partial charge is 0.215 e. The third-order valence-electron chi connectivity index (χ3n) is 4.11. The van der Waals surface area contributed by atoms with E-state index in [0.717, 1.165) is 50.1 Å². The van der Waals surface area contributed by atoms with Crippen molar-refractivity contribution in [2.75, 3.05) is 31.7 Å². The summed E-state index contributed by atoms with van der Waals surface area (Å²) in [6, 6.07) is 9.98. The summed E-state index contributed by atoms with van der Waals surface area (Å²) in [7, 11) is 4.05. The van der Waals surface area contributed by atoms with Crippen LogP contribution in [0.1, 0.15) is 13.3 Å². The molecule has 0 saturated carbocycles. The molecule has 162 valence electrons. The molecule has 0 aliphatic heterocycles. The first kappa shape index (κ1) is 21.9. The fraction of sp³-hybridized carbons (Fsp3) is 0.368. The van der Waals surface area contributed by atoms with Crippen LogP contribution in [0.2, 0.25) is 0 Å². The Balaban J connectivity index is 1.66. The van der Waals surface area contributed by atoms with E-state index in [0.29, 0.717) is 11.7 Å². The SMILES string of the molecule is CCCSc1nc(Sc2nnnn2CCN(C)C)c2nc(Nc3ccccc3)sc2n1. The third-order valence-corrected chi connectivity index (χ3v) is 6.98. The van der Waals surface area contributed by atoms with Crippen molar-refractivity contribution in [1.29, 1.82) is 0 Å². The Morgan fingerprint density at radius 3 is 2.74 bits per heavy atom. The molecule has 3 heterocycles. The van der Waals surface area contributed by atoms with Crippen LogP contribution >= 0.6 is 34.9 Å². The van der Waals surface area contributed by atoms with Crippen molar-refractivity contribution in [3.8, 4) is 0 Å². The van der Waals surface area contributed by atoms with Crippen LogP contribution in [-0.2, 0) is 6.54 Å². The molecule has 0 bridgehead atoms. The van der Waals surface area contributed by atoms with E-state index in [1.54, 1.807) is 16.4 Å². The number of tetrazole rings is 1. The quantitative estimate of drug-likeness (QED) is 0.206. The number of thioether (sulfide) groups is 1. The van der Waals surface area contributed by atoms with E-state index in [1.165, 1.54) is 23.1 Å². The maximum Gasteiger partial charge on any atom is 0.215 e. The van der Waals surface area contributed by atoms with Crippen molar-refractivity contribution in [2.45, 2.75) is 35.2 Å². The minimum absolute atomic E-state index is 0.693. The second-order valence-electron chi connectivity index (χ2n) is 6.91. The lowest BCUT2D eigenvalue weighted by Crippen LogP contribution is -2.19. The first-order chi connectivity index (χ1) is 15.1. The Morgan fingerprint density at radius 1 is 1.13 bits per heavy atom. The molecule has 1 aromatic carbocycles. The average molecular weight is 474 g/mol. The number of rotatable bonds is 10. The number of para-hydroxylation sites is 1. The Hall–Kier alpha value is -2.28. The highest BCUT2D eigenvalue weighted by molar-refractivity contribution is 7.99. The Bertz CT molecular complexity index is 1130. The Kier molecular flexibility index (Phi) is 7.33. The van der Waals surface area contributed by atoms with E-state index in [4.69, 9.17) is 15.0 Å². The second-order valence-corrected chi connectivity index (χ2v) is 9.91. The normalized spacial score (nSPS) is 11.5. The molecule has 0 saturated heterocycles. The summed E-state index contributed by atoms with van der Waals surface area (Å²) in [5.74, 6) is 0.962. The molecular formula is C19H23N9S3.